The molecule has 0 bridgehead atoms. The number of hydrogen-bond acceptors (Lipinski definition) is 5. The van der Waals surface area contributed by atoms with Gasteiger partial charge in [0.1, 0.15) is 12.6 Å². The average Bonchev–Trinajstić information content (AvgIpc) is 2.46. The summed E-state index contributed by atoms with van der Waals surface area (Å²) in [6.07, 6.45) is 2.34. The van der Waals surface area contributed by atoms with E-state index in [1.54, 1.807) is 7.11 Å². The highest BCUT2D eigenvalue weighted by molar-refractivity contribution is 5.83. The lowest BCUT2D eigenvalue weighted by atomic mass is 10.1. The smallest absolute Gasteiger partial charge is 0.326 e. The Morgan fingerprint density at radius 1 is 1.05 bits per heavy atom. The fourth-order valence-corrected chi connectivity index (χ4v) is 1.78. The molecule has 0 fully saturated rings. The van der Waals surface area contributed by atoms with E-state index in [0.717, 1.165) is 0 Å². The number of nitrogens with one attached hydrogen (secondary N) is 2. The monoisotopic (exact) mass is 318 g/mol. The minimum absolute atomic E-state index is 0.00921. The maximum absolute atomic E-state index is 11.6. The Kier molecular flexibility index (Phi) is 12.0. The van der Waals surface area contributed by atoms with Gasteiger partial charge in [0.2, 0.25) is 11.8 Å². The summed E-state index contributed by atoms with van der Waals surface area (Å²) in [6, 6.07) is -0.898. The van der Waals surface area contributed by atoms with Crippen LogP contribution in [0.2, 0.25) is 0 Å². The second-order valence-electron chi connectivity index (χ2n) is 4.83. The third-order valence-electron chi connectivity index (χ3n) is 2.90. The molecular weight excluding hydrogens is 292 g/mol. The number of carboxylic acid groups (broad SMARTS) is 1. The highest BCUT2D eigenvalue weighted by Gasteiger charge is 2.19. The highest BCUT2D eigenvalue weighted by Crippen LogP contribution is 2.02. The third kappa shape index (κ3) is 11.0. The van der Waals surface area contributed by atoms with Crippen molar-refractivity contribution >= 4 is 17.8 Å². The van der Waals surface area contributed by atoms with Gasteiger partial charge in [-0.2, -0.15) is 0 Å². The third-order valence-corrected chi connectivity index (χ3v) is 2.90. The van der Waals surface area contributed by atoms with Gasteiger partial charge in [0, 0.05) is 33.8 Å². The number of rotatable bonds is 13. The van der Waals surface area contributed by atoms with Crippen molar-refractivity contribution in [3.8, 4) is 0 Å². The lowest BCUT2D eigenvalue weighted by Crippen LogP contribution is -2.40. The number of carbonyl (C=O) groups excluding carboxylic acids is 2. The molecule has 0 aromatic carbocycles. The summed E-state index contributed by atoms with van der Waals surface area (Å²) < 4.78 is 9.50. The first-order chi connectivity index (χ1) is 10.5. The molecule has 0 spiro atoms. The number of hydrogen-bond donors (Lipinski definition) is 3. The average molecular weight is 318 g/mol. The number of carbonyl (C=O) groups is 3. The van der Waals surface area contributed by atoms with Crippen LogP contribution in [0, 0.1) is 0 Å². The molecular formula is C14H26N2O6. The second-order valence-corrected chi connectivity index (χ2v) is 4.83. The van der Waals surface area contributed by atoms with Gasteiger partial charge in [-0.05, 0) is 25.7 Å². The van der Waals surface area contributed by atoms with Crippen LogP contribution < -0.4 is 10.6 Å². The van der Waals surface area contributed by atoms with Crippen molar-refractivity contribution in [3.05, 3.63) is 0 Å². The topological polar surface area (TPSA) is 114 Å². The van der Waals surface area contributed by atoms with Crippen molar-refractivity contribution in [1.82, 2.24) is 10.6 Å². The molecule has 0 rings (SSSR count). The quantitative estimate of drug-likeness (QED) is 0.409. The van der Waals surface area contributed by atoms with Gasteiger partial charge in [-0.1, -0.05) is 0 Å². The van der Waals surface area contributed by atoms with Gasteiger partial charge < -0.3 is 25.2 Å². The lowest BCUT2D eigenvalue weighted by Gasteiger charge is -2.14. The predicted molar refractivity (Wildman–Crippen MR) is 79.4 cm³/mol. The zero-order chi connectivity index (χ0) is 16.8. The molecule has 8 nitrogen and oxygen atoms in total. The van der Waals surface area contributed by atoms with Gasteiger partial charge in [-0.25, -0.2) is 4.79 Å². The van der Waals surface area contributed by atoms with E-state index < -0.39 is 12.0 Å². The van der Waals surface area contributed by atoms with Crippen molar-refractivity contribution in [2.45, 2.75) is 38.1 Å². The van der Waals surface area contributed by atoms with Crippen LogP contribution in [0.3, 0.4) is 0 Å². The van der Waals surface area contributed by atoms with Crippen LogP contribution in [0.1, 0.15) is 32.1 Å². The van der Waals surface area contributed by atoms with Crippen molar-refractivity contribution in [2.24, 2.45) is 0 Å². The van der Waals surface area contributed by atoms with E-state index in [1.165, 1.54) is 7.11 Å². The zero-order valence-electron chi connectivity index (χ0n) is 13.2. The summed E-state index contributed by atoms with van der Waals surface area (Å²) >= 11 is 0. The predicted octanol–water partition coefficient (Wildman–Crippen LogP) is -0.0847. The summed E-state index contributed by atoms with van der Waals surface area (Å²) in [6.45, 7) is 0.929. The summed E-state index contributed by atoms with van der Waals surface area (Å²) in [5.74, 6) is -1.55. The van der Waals surface area contributed by atoms with E-state index in [2.05, 4.69) is 15.4 Å². The van der Waals surface area contributed by atoms with Gasteiger partial charge >= 0.3 is 5.97 Å². The molecule has 1 unspecified atom stereocenters. The Morgan fingerprint density at radius 2 is 1.77 bits per heavy atom. The number of amides is 2. The van der Waals surface area contributed by atoms with E-state index in [1.807, 2.05) is 0 Å². The summed E-state index contributed by atoms with van der Waals surface area (Å²) in [4.78, 5) is 33.8. The molecule has 0 saturated carbocycles. The van der Waals surface area contributed by atoms with Crippen LogP contribution in [0.15, 0.2) is 0 Å². The van der Waals surface area contributed by atoms with Gasteiger partial charge in [0.05, 0.1) is 0 Å². The van der Waals surface area contributed by atoms with E-state index in [4.69, 9.17) is 9.84 Å². The minimum atomic E-state index is -1.05. The summed E-state index contributed by atoms with van der Waals surface area (Å²) in [5, 5.41) is 14.2. The summed E-state index contributed by atoms with van der Waals surface area (Å²) in [7, 11) is 2.98. The number of unbranched alkanes of at least 4 members (excludes halogenated alkanes) is 1. The Labute approximate surface area is 130 Å². The molecule has 0 aromatic heterocycles. The largest absolute Gasteiger partial charge is 0.480 e. The van der Waals surface area contributed by atoms with Gasteiger partial charge in [-0.3, -0.25) is 9.59 Å². The van der Waals surface area contributed by atoms with Crippen LogP contribution in [-0.4, -0.2) is 62.9 Å². The van der Waals surface area contributed by atoms with Crippen molar-refractivity contribution in [3.63, 3.8) is 0 Å². The molecule has 22 heavy (non-hydrogen) atoms. The molecule has 128 valence electrons. The first-order valence-corrected chi connectivity index (χ1v) is 7.28. The Balaban J connectivity index is 3.88. The molecule has 0 aromatic rings. The SMILES string of the molecule is COCCCC(=O)NC(CCCCNC(=O)COC)C(=O)O. The molecule has 0 aliphatic carbocycles. The van der Waals surface area contributed by atoms with Gasteiger partial charge in [-0.15, -0.1) is 0 Å². The fourth-order valence-electron chi connectivity index (χ4n) is 1.78. The maximum atomic E-state index is 11.6. The normalized spacial score (nSPS) is 11.7. The van der Waals surface area contributed by atoms with E-state index >= 15 is 0 Å². The number of methoxy groups -OCH3 is 2. The van der Waals surface area contributed by atoms with Crippen LogP contribution in [-0.2, 0) is 23.9 Å². The molecule has 0 aliphatic rings. The maximum Gasteiger partial charge on any atom is 0.326 e. The molecule has 0 saturated heterocycles. The Morgan fingerprint density at radius 3 is 2.36 bits per heavy atom. The van der Waals surface area contributed by atoms with Crippen molar-refractivity contribution in [1.29, 1.82) is 0 Å². The molecule has 1 atom stereocenters. The lowest BCUT2D eigenvalue weighted by molar-refractivity contribution is -0.142. The molecule has 2 amide bonds. The van der Waals surface area contributed by atoms with Crippen molar-refractivity contribution in [2.75, 3.05) is 34.0 Å². The number of ether oxygens (including phenoxy) is 2. The number of aliphatic carboxylic acids is 1. The Bertz CT molecular complexity index is 348. The van der Waals surface area contributed by atoms with Gasteiger partial charge in [0.25, 0.3) is 0 Å². The standard InChI is InChI=1S/C14H26N2O6/c1-21-9-5-7-12(17)16-11(14(19)20)6-3-4-8-15-13(18)10-22-2/h11H,3-10H2,1-2H3,(H,15,18)(H,16,17)(H,19,20). The minimum Gasteiger partial charge on any atom is -0.480 e. The van der Waals surface area contributed by atoms with Crippen LogP contribution in [0.4, 0.5) is 0 Å². The zero-order valence-corrected chi connectivity index (χ0v) is 13.2. The van der Waals surface area contributed by atoms with E-state index in [9.17, 15) is 14.4 Å². The van der Waals surface area contributed by atoms with Crippen LogP contribution in [0.5, 0.6) is 0 Å². The molecule has 0 aliphatic heterocycles. The first kappa shape index (κ1) is 20.3. The van der Waals surface area contributed by atoms with Crippen LogP contribution >= 0.6 is 0 Å². The van der Waals surface area contributed by atoms with Gasteiger partial charge in [0.15, 0.2) is 0 Å². The highest BCUT2D eigenvalue weighted by atomic mass is 16.5. The van der Waals surface area contributed by atoms with Crippen molar-refractivity contribution < 1.29 is 29.0 Å². The second kappa shape index (κ2) is 13.0. The van der Waals surface area contributed by atoms with Crippen LogP contribution in [0.25, 0.3) is 0 Å². The summed E-state index contributed by atoms with van der Waals surface area (Å²) in [5.41, 5.74) is 0. The van der Waals surface area contributed by atoms with E-state index in [-0.39, 0.29) is 24.8 Å². The Hall–Kier alpha value is -1.67. The molecule has 3 N–H and O–H groups in total. The number of carboxylic acids is 1. The molecule has 0 radical (unpaired) electrons. The fraction of sp³-hybridized carbons (Fsp3) is 0.786. The first-order valence-electron chi connectivity index (χ1n) is 7.28. The van der Waals surface area contributed by atoms with E-state index in [0.29, 0.717) is 38.8 Å². The molecule has 8 heteroatoms. The molecule has 0 heterocycles.